The van der Waals surface area contributed by atoms with E-state index in [1.165, 1.54) is 12.1 Å². The van der Waals surface area contributed by atoms with Gasteiger partial charge in [0.2, 0.25) is 0 Å². The Morgan fingerprint density at radius 2 is 1.21 bits per heavy atom. The summed E-state index contributed by atoms with van der Waals surface area (Å²) in [7, 11) is 0. The largest absolute Gasteiger partial charge is 0.349 e. The van der Waals surface area contributed by atoms with Gasteiger partial charge in [-0.15, -0.1) is 0 Å². The molecular weight excluding hydrogens is 258 g/mol. The molecule has 0 radical (unpaired) electrons. The molecule has 2 fully saturated rings. The molecule has 0 spiro atoms. The van der Waals surface area contributed by atoms with Gasteiger partial charge >= 0.3 is 0 Å². The third-order valence-corrected chi connectivity index (χ3v) is 3.15. The topological polar surface area (TPSA) is 36.9 Å². The van der Waals surface area contributed by atoms with Gasteiger partial charge in [-0.3, -0.25) is 0 Å². The Kier molecular flexibility index (Phi) is 3.74. The Hall–Kier alpha value is -1.08. The molecular formula is C13H14F2O4. The molecule has 2 aliphatic heterocycles. The molecule has 0 saturated carbocycles. The van der Waals surface area contributed by atoms with Crippen molar-refractivity contribution in [3.8, 4) is 0 Å². The van der Waals surface area contributed by atoms with Gasteiger partial charge in [-0.25, -0.2) is 8.78 Å². The second kappa shape index (κ2) is 5.50. The van der Waals surface area contributed by atoms with Crippen LogP contribution < -0.4 is 0 Å². The lowest BCUT2D eigenvalue weighted by Gasteiger charge is -2.26. The van der Waals surface area contributed by atoms with Gasteiger partial charge < -0.3 is 18.9 Å². The molecule has 104 valence electrons. The summed E-state index contributed by atoms with van der Waals surface area (Å²) in [6.45, 7) is 1.80. The lowest BCUT2D eigenvalue weighted by atomic mass is 9.97. The van der Waals surface area contributed by atoms with E-state index in [0.717, 1.165) is 6.07 Å². The van der Waals surface area contributed by atoms with Crippen molar-refractivity contribution in [3.63, 3.8) is 0 Å². The first-order valence-corrected chi connectivity index (χ1v) is 6.16. The number of benzene rings is 1. The third kappa shape index (κ3) is 2.76. The Bertz CT molecular complexity index is 406. The first-order chi connectivity index (χ1) is 9.24. The maximum Gasteiger partial charge on any atom is 0.169 e. The first-order valence-electron chi connectivity index (χ1n) is 6.16. The predicted molar refractivity (Wildman–Crippen MR) is 60.5 cm³/mol. The average Bonchev–Trinajstić information content (AvgIpc) is 3.01. The Balaban J connectivity index is 1.92. The van der Waals surface area contributed by atoms with E-state index in [2.05, 4.69) is 0 Å². The maximum absolute atomic E-state index is 13.4. The number of halogens is 2. The van der Waals surface area contributed by atoms with Crippen molar-refractivity contribution in [2.75, 3.05) is 26.4 Å². The molecule has 19 heavy (non-hydrogen) atoms. The zero-order valence-corrected chi connectivity index (χ0v) is 10.2. The number of hydrogen-bond donors (Lipinski definition) is 0. The summed E-state index contributed by atoms with van der Waals surface area (Å²) in [5.41, 5.74) is 0.413. The quantitative estimate of drug-likeness (QED) is 0.840. The molecule has 0 aromatic heterocycles. The van der Waals surface area contributed by atoms with Crippen molar-refractivity contribution >= 4 is 0 Å². The van der Waals surface area contributed by atoms with Gasteiger partial charge in [-0.1, -0.05) is 0 Å². The van der Waals surface area contributed by atoms with Crippen LogP contribution in [0.3, 0.4) is 0 Å². The van der Waals surface area contributed by atoms with Crippen molar-refractivity contribution in [1.29, 1.82) is 0 Å². The molecule has 2 aliphatic rings. The average molecular weight is 272 g/mol. The number of ether oxygens (including phenoxy) is 4. The second-order valence-corrected chi connectivity index (χ2v) is 4.45. The van der Waals surface area contributed by atoms with Crippen LogP contribution in [-0.2, 0) is 18.9 Å². The van der Waals surface area contributed by atoms with E-state index in [4.69, 9.17) is 18.9 Å². The Labute approximate surface area is 109 Å². The highest BCUT2D eigenvalue weighted by Crippen LogP contribution is 2.33. The zero-order valence-electron chi connectivity index (χ0n) is 10.2. The highest BCUT2D eigenvalue weighted by molar-refractivity contribution is 5.23. The maximum atomic E-state index is 13.4. The summed E-state index contributed by atoms with van der Waals surface area (Å²) in [6, 6.07) is 3.33. The van der Waals surface area contributed by atoms with Crippen molar-refractivity contribution in [3.05, 3.63) is 35.4 Å². The lowest BCUT2D eigenvalue weighted by molar-refractivity contribution is -0.145. The number of hydrogen-bond acceptors (Lipinski definition) is 4. The van der Waals surface area contributed by atoms with Gasteiger partial charge in [0.25, 0.3) is 0 Å². The highest BCUT2D eigenvalue weighted by Gasteiger charge is 2.38. The summed E-state index contributed by atoms with van der Waals surface area (Å²) in [5.74, 6) is -1.79. The molecule has 4 nitrogen and oxygen atoms in total. The minimum Gasteiger partial charge on any atom is -0.349 e. The van der Waals surface area contributed by atoms with E-state index in [1.807, 2.05) is 0 Å². The monoisotopic (exact) mass is 272 g/mol. The predicted octanol–water partition coefficient (Wildman–Crippen LogP) is 1.79. The minimum atomic E-state index is -0.643. The molecule has 6 heteroatoms. The van der Waals surface area contributed by atoms with Crippen LogP contribution in [0.25, 0.3) is 0 Å². The molecule has 0 amide bonds. The summed E-state index contributed by atoms with van der Waals surface area (Å²) < 4.78 is 48.5. The Morgan fingerprint density at radius 1 is 0.789 bits per heavy atom. The van der Waals surface area contributed by atoms with E-state index in [9.17, 15) is 8.78 Å². The van der Waals surface area contributed by atoms with Crippen LogP contribution in [0, 0.1) is 11.6 Å². The van der Waals surface area contributed by atoms with Crippen molar-refractivity contribution < 1.29 is 27.7 Å². The number of rotatable bonds is 3. The van der Waals surface area contributed by atoms with Crippen LogP contribution in [0.4, 0.5) is 8.78 Å². The van der Waals surface area contributed by atoms with Gasteiger partial charge in [0, 0.05) is 6.07 Å². The second-order valence-electron chi connectivity index (χ2n) is 4.45. The van der Waals surface area contributed by atoms with Crippen molar-refractivity contribution in [1.82, 2.24) is 0 Å². The van der Waals surface area contributed by atoms with Crippen molar-refractivity contribution in [2.24, 2.45) is 0 Å². The minimum absolute atomic E-state index is 0.413. The fourth-order valence-corrected chi connectivity index (χ4v) is 2.38. The molecule has 0 aliphatic carbocycles. The molecule has 0 bridgehead atoms. The van der Waals surface area contributed by atoms with E-state index in [1.54, 1.807) is 0 Å². The molecule has 0 atom stereocenters. The fraction of sp³-hybridized carbons (Fsp3) is 0.538. The van der Waals surface area contributed by atoms with Crippen LogP contribution in [0.2, 0.25) is 0 Å². The molecule has 1 aromatic carbocycles. The van der Waals surface area contributed by atoms with Crippen LogP contribution in [0.5, 0.6) is 0 Å². The van der Waals surface area contributed by atoms with Crippen LogP contribution in [0.1, 0.15) is 11.5 Å². The summed E-state index contributed by atoms with van der Waals surface area (Å²) in [4.78, 5) is 0. The van der Waals surface area contributed by atoms with Gasteiger partial charge in [0.1, 0.15) is 11.6 Å². The molecule has 0 unspecified atom stereocenters. The zero-order chi connectivity index (χ0) is 13.2. The SMILES string of the molecule is Fc1cc(F)cc(C(C2OCCO2)C2OCCO2)c1. The fourth-order valence-electron chi connectivity index (χ4n) is 2.38. The van der Waals surface area contributed by atoms with Gasteiger partial charge in [0.15, 0.2) is 12.6 Å². The lowest BCUT2D eigenvalue weighted by Crippen LogP contribution is -2.31. The van der Waals surface area contributed by atoms with E-state index in [-0.39, 0.29) is 0 Å². The molecule has 3 rings (SSSR count). The van der Waals surface area contributed by atoms with Crippen LogP contribution in [0.15, 0.2) is 18.2 Å². The summed E-state index contributed by atoms with van der Waals surface area (Å²) >= 11 is 0. The third-order valence-electron chi connectivity index (χ3n) is 3.15. The molecule has 2 saturated heterocycles. The first kappa shape index (κ1) is 12.9. The van der Waals surface area contributed by atoms with Gasteiger partial charge in [0.05, 0.1) is 32.3 Å². The smallest absolute Gasteiger partial charge is 0.169 e. The molecule has 1 aromatic rings. The normalized spacial score (nSPS) is 21.6. The van der Waals surface area contributed by atoms with Crippen LogP contribution in [-0.4, -0.2) is 39.0 Å². The van der Waals surface area contributed by atoms with E-state index < -0.39 is 30.1 Å². The Morgan fingerprint density at radius 3 is 1.63 bits per heavy atom. The van der Waals surface area contributed by atoms with Crippen LogP contribution >= 0.6 is 0 Å². The summed E-state index contributed by atoms with van der Waals surface area (Å²) in [5, 5.41) is 0. The highest BCUT2D eigenvalue weighted by atomic mass is 19.1. The molecule has 0 N–H and O–H groups in total. The van der Waals surface area contributed by atoms with Gasteiger partial charge in [-0.2, -0.15) is 0 Å². The van der Waals surface area contributed by atoms with Gasteiger partial charge in [-0.05, 0) is 17.7 Å². The summed E-state index contributed by atoms with van der Waals surface area (Å²) in [6.07, 6.45) is -1.21. The van der Waals surface area contributed by atoms with E-state index >= 15 is 0 Å². The standard InChI is InChI=1S/C13H14F2O4/c14-9-5-8(6-10(15)7-9)11(12-16-1-2-17-12)13-18-3-4-19-13/h5-7,11-13H,1-4H2. The van der Waals surface area contributed by atoms with E-state index in [0.29, 0.717) is 32.0 Å². The van der Waals surface area contributed by atoms with Crippen molar-refractivity contribution in [2.45, 2.75) is 18.5 Å². The molecule has 2 heterocycles.